The fraction of sp³-hybridized carbons (Fsp3) is 0.417. The van der Waals surface area contributed by atoms with Gasteiger partial charge in [0.25, 0.3) is 5.91 Å². The molecule has 2 amide bonds. The minimum atomic E-state index is -5.08. The molecule has 1 fully saturated rings. The van der Waals surface area contributed by atoms with Crippen molar-refractivity contribution < 1.29 is 27.6 Å². The number of fused-ring (bicyclic) bond motifs is 2. The van der Waals surface area contributed by atoms with E-state index in [1.807, 2.05) is 7.05 Å². The van der Waals surface area contributed by atoms with E-state index in [0.717, 1.165) is 17.1 Å². The summed E-state index contributed by atoms with van der Waals surface area (Å²) in [6, 6.07) is 4.15. The SMILES string of the molecule is CN1CCc2nc(C(=O)N[C@H]3CC(c4c(C=O)[nH]c5ccc(Cl)cc45)CN(C(=O)C(F)(F)F)C3)sc2C1. The number of H-pyrrole nitrogens is 1. The van der Waals surface area contributed by atoms with Crippen molar-refractivity contribution in [3.63, 3.8) is 0 Å². The first-order valence-electron chi connectivity index (χ1n) is 11.6. The van der Waals surface area contributed by atoms with Gasteiger partial charge in [-0.15, -0.1) is 11.3 Å². The molecule has 1 unspecified atom stereocenters. The molecule has 2 atom stereocenters. The van der Waals surface area contributed by atoms with Gasteiger partial charge in [0.2, 0.25) is 0 Å². The number of nitrogens with one attached hydrogen (secondary N) is 2. The smallest absolute Gasteiger partial charge is 0.352 e. The summed E-state index contributed by atoms with van der Waals surface area (Å²) in [5.74, 6) is -3.14. The van der Waals surface area contributed by atoms with E-state index in [2.05, 4.69) is 20.2 Å². The Labute approximate surface area is 218 Å². The molecule has 2 N–H and O–H groups in total. The van der Waals surface area contributed by atoms with Gasteiger partial charge in [-0.1, -0.05) is 11.6 Å². The van der Waals surface area contributed by atoms with Crippen molar-refractivity contribution in [3.05, 3.63) is 50.1 Å². The van der Waals surface area contributed by atoms with Gasteiger partial charge < -0.3 is 20.1 Å². The molecule has 0 aliphatic carbocycles. The Kier molecular flexibility index (Phi) is 6.75. The third-order valence-electron chi connectivity index (χ3n) is 6.79. The third kappa shape index (κ3) is 5.10. The molecule has 3 aromatic rings. The number of benzene rings is 1. The maximum atomic E-state index is 13.4. The highest BCUT2D eigenvalue weighted by Gasteiger charge is 2.46. The molecule has 13 heteroatoms. The summed E-state index contributed by atoms with van der Waals surface area (Å²) in [5.41, 5.74) is 2.12. The quantitative estimate of drug-likeness (QED) is 0.480. The number of aldehydes is 1. The molecule has 2 aliphatic rings. The van der Waals surface area contributed by atoms with Crippen LogP contribution in [0.3, 0.4) is 0 Å². The normalized spacial score (nSPS) is 20.6. The number of piperidine rings is 1. The van der Waals surface area contributed by atoms with E-state index in [1.165, 1.54) is 11.3 Å². The second-order valence-electron chi connectivity index (χ2n) is 9.45. The summed E-state index contributed by atoms with van der Waals surface area (Å²) >= 11 is 7.42. The Morgan fingerprint density at radius 3 is 2.81 bits per heavy atom. The van der Waals surface area contributed by atoms with Crippen LogP contribution in [0.25, 0.3) is 10.9 Å². The Morgan fingerprint density at radius 1 is 1.30 bits per heavy atom. The lowest BCUT2D eigenvalue weighted by Crippen LogP contribution is -2.54. The van der Waals surface area contributed by atoms with E-state index in [9.17, 15) is 27.6 Å². The second-order valence-corrected chi connectivity index (χ2v) is 11.0. The Balaban J connectivity index is 1.46. The molecule has 0 radical (unpaired) electrons. The number of hydrogen-bond donors (Lipinski definition) is 2. The van der Waals surface area contributed by atoms with Gasteiger partial charge >= 0.3 is 12.1 Å². The van der Waals surface area contributed by atoms with E-state index >= 15 is 0 Å². The van der Waals surface area contributed by atoms with Crippen molar-refractivity contribution >= 4 is 51.9 Å². The van der Waals surface area contributed by atoms with Gasteiger partial charge in [-0.3, -0.25) is 14.4 Å². The van der Waals surface area contributed by atoms with Crippen LogP contribution in [0.15, 0.2) is 18.2 Å². The van der Waals surface area contributed by atoms with Gasteiger partial charge in [0.15, 0.2) is 11.3 Å². The Morgan fingerprint density at radius 2 is 2.08 bits per heavy atom. The van der Waals surface area contributed by atoms with Crippen LogP contribution in [0, 0.1) is 0 Å². The van der Waals surface area contributed by atoms with Crippen LogP contribution in [0.4, 0.5) is 13.2 Å². The average Bonchev–Trinajstić information content (AvgIpc) is 3.43. The van der Waals surface area contributed by atoms with Gasteiger partial charge in [-0.05, 0) is 37.2 Å². The van der Waals surface area contributed by atoms with Crippen LogP contribution in [0.5, 0.6) is 0 Å². The molecule has 0 bridgehead atoms. The number of aromatic nitrogens is 2. The number of thiazole rings is 1. The molecule has 196 valence electrons. The number of hydrogen-bond acceptors (Lipinski definition) is 6. The highest BCUT2D eigenvalue weighted by Crippen LogP contribution is 2.37. The zero-order valence-electron chi connectivity index (χ0n) is 19.7. The van der Waals surface area contributed by atoms with Crippen LogP contribution in [-0.2, 0) is 17.8 Å². The summed E-state index contributed by atoms with van der Waals surface area (Å²) in [4.78, 5) is 48.4. The number of likely N-dealkylation sites (tertiary alicyclic amines) is 1. The van der Waals surface area contributed by atoms with Crippen molar-refractivity contribution in [3.8, 4) is 0 Å². The minimum absolute atomic E-state index is 0.199. The van der Waals surface area contributed by atoms with Gasteiger partial charge in [0, 0.05) is 65.4 Å². The van der Waals surface area contributed by atoms with Crippen LogP contribution in [0.1, 0.15) is 48.8 Å². The van der Waals surface area contributed by atoms with Crippen LogP contribution in [-0.4, -0.2) is 76.8 Å². The van der Waals surface area contributed by atoms with Crippen LogP contribution < -0.4 is 5.32 Å². The highest BCUT2D eigenvalue weighted by atomic mass is 35.5. The van der Waals surface area contributed by atoms with Crippen LogP contribution in [0.2, 0.25) is 5.02 Å². The van der Waals surface area contributed by atoms with E-state index < -0.39 is 30.0 Å². The Bertz CT molecular complexity index is 1390. The number of amides is 2. The number of likely N-dealkylation sites (N-methyl/N-ethyl adjacent to an activating group) is 1. The molecule has 0 saturated carbocycles. The predicted molar refractivity (Wildman–Crippen MR) is 132 cm³/mol. The molecule has 2 aliphatic heterocycles. The fourth-order valence-electron chi connectivity index (χ4n) is 5.16. The summed E-state index contributed by atoms with van der Waals surface area (Å²) in [5, 5.41) is 4.01. The van der Waals surface area contributed by atoms with Crippen molar-refractivity contribution in [2.24, 2.45) is 0 Å². The third-order valence-corrected chi connectivity index (χ3v) is 8.11. The minimum Gasteiger partial charge on any atom is -0.352 e. The zero-order valence-corrected chi connectivity index (χ0v) is 21.3. The zero-order chi connectivity index (χ0) is 26.5. The molecule has 1 saturated heterocycles. The van der Waals surface area contributed by atoms with E-state index in [0.29, 0.717) is 45.6 Å². The summed E-state index contributed by atoms with van der Waals surface area (Å²) < 4.78 is 40.2. The average molecular weight is 554 g/mol. The summed E-state index contributed by atoms with van der Waals surface area (Å²) in [7, 11) is 1.97. The van der Waals surface area contributed by atoms with E-state index in [1.54, 1.807) is 18.2 Å². The molecule has 5 rings (SSSR count). The molecule has 4 heterocycles. The molecule has 1 aromatic carbocycles. The van der Waals surface area contributed by atoms with Crippen molar-refractivity contribution in [1.29, 1.82) is 0 Å². The molecule has 37 heavy (non-hydrogen) atoms. The lowest BCUT2D eigenvalue weighted by molar-refractivity contribution is -0.187. The number of halogens is 4. The molecule has 8 nitrogen and oxygen atoms in total. The molecule has 2 aromatic heterocycles. The first kappa shape index (κ1) is 25.7. The monoisotopic (exact) mass is 553 g/mol. The lowest BCUT2D eigenvalue weighted by Gasteiger charge is -2.38. The number of carbonyl (C=O) groups is 3. The van der Waals surface area contributed by atoms with Gasteiger partial charge in [-0.2, -0.15) is 13.2 Å². The molecular weight excluding hydrogens is 531 g/mol. The van der Waals surface area contributed by atoms with Crippen molar-refractivity contribution in [2.45, 2.75) is 37.5 Å². The summed E-state index contributed by atoms with van der Waals surface area (Å²) in [6.45, 7) is 0.929. The number of aromatic amines is 1. The second kappa shape index (κ2) is 9.73. The predicted octanol–water partition coefficient (Wildman–Crippen LogP) is 3.76. The van der Waals surface area contributed by atoms with Crippen molar-refractivity contribution in [2.75, 3.05) is 26.7 Å². The number of rotatable bonds is 4. The van der Waals surface area contributed by atoms with E-state index in [-0.39, 0.29) is 30.2 Å². The van der Waals surface area contributed by atoms with Gasteiger partial charge in [0.05, 0.1) is 11.4 Å². The first-order valence-corrected chi connectivity index (χ1v) is 12.8. The fourth-order valence-corrected chi connectivity index (χ4v) is 6.43. The first-order chi connectivity index (χ1) is 17.5. The maximum Gasteiger partial charge on any atom is 0.471 e. The number of alkyl halides is 3. The van der Waals surface area contributed by atoms with Gasteiger partial charge in [-0.25, -0.2) is 4.98 Å². The Hall–Kier alpha value is -2.96. The highest BCUT2D eigenvalue weighted by molar-refractivity contribution is 7.13. The largest absolute Gasteiger partial charge is 0.471 e. The standard InChI is InChI=1S/C24H23ClF3N5O3S/c1-32-5-4-17-19(10-32)37-22(31-17)21(35)29-14-6-12(8-33(9-14)23(36)24(26,27)28)20-15-7-13(25)2-3-16(15)30-18(20)11-34/h2-3,7,11-12,14,30H,4-6,8-10H2,1H3,(H,29,35)/t12?,14-/m0/s1. The molecular formula is C24H23ClF3N5O3S. The number of carbonyl (C=O) groups excluding carboxylic acids is 3. The van der Waals surface area contributed by atoms with E-state index in [4.69, 9.17) is 11.6 Å². The maximum absolute atomic E-state index is 13.4. The lowest BCUT2D eigenvalue weighted by atomic mass is 9.86. The van der Waals surface area contributed by atoms with Gasteiger partial charge in [0.1, 0.15) is 0 Å². The van der Waals surface area contributed by atoms with Crippen molar-refractivity contribution in [1.82, 2.24) is 25.1 Å². The topological polar surface area (TPSA) is 98.4 Å². The number of nitrogens with zero attached hydrogens (tertiary/aromatic N) is 3. The molecule has 0 spiro atoms. The van der Waals surface area contributed by atoms with Crippen LogP contribution >= 0.6 is 22.9 Å². The summed E-state index contributed by atoms with van der Waals surface area (Å²) in [6.07, 6.45) is -3.54.